The molecule has 0 spiro atoms. The Morgan fingerprint density at radius 2 is 1.69 bits per heavy atom. The van der Waals surface area contributed by atoms with Gasteiger partial charge in [-0.2, -0.15) is 0 Å². The highest BCUT2D eigenvalue weighted by molar-refractivity contribution is 14.0. The third-order valence-corrected chi connectivity index (χ3v) is 4.57. The SMILES string of the molecule is CCCC(CCO)CN=C(NCC)NCCc1c(OC)cc(OC)cc1OC.I. The highest BCUT2D eigenvalue weighted by atomic mass is 127. The molecule has 7 nitrogen and oxygen atoms in total. The molecular formula is C21H38IN3O4. The van der Waals surface area contributed by atoms with Gasteiger partial charge in [0.1, 0.15) is 17.2 Å². The van der Waals surface area contributed by atoms with Crippen molar-refractivity contribution in [2.24, 2.45) is 10.9 Å². The van der Waals surface area contributed by atoms with E-state index in [4.69, 9.17) is 19.2 Å². The van der Waals surface area contributed by atoms with Gasteiger partial charge in [0.15, 0.2) is 5.96 Å². The summed E-state index contributed by atoms with van der Waals surface area (Å²) in [5.41, 5.74) is 0.985. The van der Waals surface area contributed by atoms with Gasteiger partial charge in [0, 0.05) is 43.9 Å². The van der Waals surface area contributed by atoms with E-state index < -0.39 is 0 Å². The first kappa shape index (κ1) is 27.6. The van der Waals surface area contributed by atoms with Crippen LogP contribution < -0.4 is 24.8 Å². The Balaban J connectivity index is 0.00000784. The number of hydrogen-bond donors (Lipinski definition) is 3. The summed E-state index contributed by atoms with van der Waals surface area (Å²) in [5, 5.41) is 15.9. The summed E-state index contributed by atoms with van der Waals surface area (Å²) in [6.45, 7) is 6.60. The summed E-state index contributed by atoms with van der Waals surface area (Å²) in [6.07, 6.45) is 3.68. The van der Waals surface area contributed by atoms with Crippen molar-refractivity contribution < 1.29 is 19.3 Å². The molecule has 29 heavy (non-hydrogen) atoms. The minimum absolute atomic E-state index is 0. The molecule has 0 saturated heterocycles. The summed E-state index contributed by atoms with van der Waals surface area (Å²) >= 11 is 0. The predicted octanol–water partition coefficient (Wildman–Crippen LogP) is 3.23. The topological polar surface area (TPSA) is 84.3 Å². The average Bonchev–Trinajstić information content (AvgIpc) is 2.71. The molecule has 0 aromatic heterocycles. The molecule has 168 valence electrons. The van der Waals surface area contributed by atoms with E-state index in [0.29, 0.717) is 24.8 Å². The van der Waals surface area contributed by atoms with Gasteiger partial charge >= 0.3 is 0 Å². The molecule has 8 heteroatoms. The van der Waals surface area contributed by atoms with Gasteiger partial charge in [0.2, 0.25) is 0 Å². The Kier molecular flexibility index (Phi) is 15.6. The second kappa shape index (κ2) is 16.4. The maximum Gasteiger partial charge on any atom is 0.191 e. The molecule has 0 saturated carbocycles. The summed E-state index contributed by atoms with van der Waals surface area (Å²) in [4.78, 5) is 4.70. The molecule has 3 N–H and O–H groups in total. The van der Waals surface area contributed by atoms with Gasteiger partial charge in [-0.15, -0.1) is 24.0 Å². The predicted molar refractivity (Wildman–Crippen MR) is 129 cm³/mol. The van der Waals surface area contributed by atoms with Gasteiger partial charge in [0.25, 0.3) is 0 Å². The number of benzene rings is 1. The highest BCUT2D eigenvalue weighted by Crippen LogP contribution is 2.34. The fourth-order valence-electron chi connectivity index (χ4n) is 3.11. The average molecular weight is 523 g/mol. The highest BCUT2D eigenvalue weighted by Gasteiger charge is 2.13. The molecule has 1 unspecified atom stereocenters. The zero-order valence-electron chi connectivity index (χ0n) is 18.4. The van der Waals surface area contributed by atoms with Gasteiger partial charge in [-0.25, -0.2) is 0 Å². The van der Waals surface area contributed by atoms with E-state index in [0.717, 1.165) is 55.3 Å². The van der Waals surface area contributed by atoms with Crippen LogP contribution in [-0.4, -0.2) is 58.6 Å². The number of hydrogen-bond acceptors (Lipinski definition) is 5. The Hall–Kier alpha value is -1.42. The summed E-state index contributed by atoms with van der Waals surface area (Å²) < 4.78 is 16.3. The first-order chi connectivity index (χ1) is 13.6. The van der Waals surface area contributed by atoms with Crippen molar-refractivity contribution in [1.82, 2.24) is 10.6 Å². The van der Waals surface area contributed by atoms with E-state index in [1.54, 1.807) is 21.3 Å². The number of guanidine groups is 1. The van der Waals surface area contributed by atoms with Crippen LogP contribution in [0.5, 0.6) is 17.2 Å². The molecule has 1 rings (SSSR count). The number of halogens is 1. The molecule has 1 aromatic carbocycles. The molecule has 0 aliphatic heterocycles. The van der Waals surface area contributed by atoms with Crippen molar-refractivity contribution >= 4 is 29.9 Å². The first-order valence-corrected chi connectivity index (χ1v) is 10.0. The summed E-state index contributed by atoms with van der Waals surface area (Å²) in [5.74, 6) is 3.38. The number of aliphatic hydroxyl groups is 1. The second-order valence-corrected chi connectivity index (χ2v) is 6.57. The third-order valence-electron chi connectivity index (χ3n) is 4.57. The smallest absolute Gasteiger partial charge is 0.191 e. The third kappa shape index (κ3) is 9.75. The van der Waals surface area contributed by atoms with Crippen LogP contribution in [0.25, 0.3) is 0 Å². The van der Waals surface area contributed by atoms with Gasteiger partial charge in [-0.1, -0.05) is 13.3 Å². The van der Waals surface area contributed by atoms with Crippen LogP contribution in [0.4, 0.5) is 0 Å². The molecule has 1 aromatic rings. The molecular weight excluding hydrogens is 485 g/mol. The van der Waals surface area contributed by atoms with Crippen LogP contribution in [-0.2, 0) is 6.42 Å². The Bertz CT molecular complexity index is 568. The zero-order valence-corrected chi connectivity index (χ0v) is 20.7. The minimum Gasteiger partial charge on any atom is -0.496 e. The molecule has 0 heterocycles. The Morgan fingerprint density at radius 3 is 2.17 bits per heavy atom. The van der Waals surface area contributed by atoms with Crippen molar-refractivity contribution in [3.8, 4) is 17.2 Å². The van der Waals surface area contributed by atoms with Crippen LogP contribution in [0.15, 0.2) is 17.1 Å². The largest absolute Gasteiger partial charge is 0.496 e. The fourth-order valence-corrected chi connectivity index (χ4v) is 3.11. The minimum atomic E-state index is 0. The molecule has 1 atom stereocenters. The van der Waals surface area contributed by atoms with Gasteiger partial charge in [0.05, 0.1) is 21.3 Å². The molecule has 0 fully saturated rings. The maximum absolute atomic E-state index is 9.22. The molecule has 0 aliphatic rings. The van der Waals surface area contributed by atoms with Gasteiger partial charge in [-0.05, 0) is 32.1 Å². The zero-order chi connectivity index (χ0) is 20.8. The standard InChI is InChI=1S/C21H37N3O4.HI/c1-6-8-16(10-12-25)15-24-21(22-7-2)23-11-9-18-19(27-4)13-17(26-3)14-20(18)28-5;/h13-14,16,25H,6-12,15H2,1-5H3,(H2,22,23,24);1H. The second-order valence-electron chi connectivity index (χ2n) is 6.57. The van der Waals surface area contributed by atoms with E-state index in [-0.39, 0.29) is 30.6 Å². The quantitative estimate of drug-likeness (QED) is 0.209. The van der Waals surface area contributed by atoms with Crippen LogP contribution in [0.1, 0.15) is 38.7 Å². The van der Waals surface area contributed by atoms with Crippen molar-refractivity contribution in [2.45, 2.75) is 39.5 Å². The number of ether oxygens (including phenoxy) is 3. The first-order valence-electron chi connectivity index (χ1n) is 10.0. The van der Waals surface area contributed by atoms with Crippen LogP contribution >= 0.6 is 24.0 Å². The Morgan fingerprint density at radius 1 is 1.03 bits per heavy atom. The maximum atomic E-state index is 9.22. The van der Waals surface area contributed by atoms with Gasteiger partial charge < -0.3 is 30.0 Å². The molecule has 0 radical (unpaired) electrons. The van der Waals surface area contributed by atoms with E-state index >= 15 is 0 Å². The number of aliphatic hydroxyl groups excluding tert-OH is 1. The fraction of sp³-hybridized carbons (Fsp3) is 0.667. The molecule has 0 bridgehead atoms. The van der Waals surface area contributed by atoms with Crippen LogP contribution in [0.2, 0.25) is 0 Å². The summed E-state index contributed by atoms with van der Waals surface area (Å²) in [6, 6.07) is 3.72. The lowest BCUT2D eigenvalue weighted by Gasteiger charge is -2.17. The van der Waals surface area contributed by atoms with E-state index in [1.165, 1.54) is 0 Å². The van der Waals surface area contributed by atoms with Crippen molar-refractivity contribution in [2.75, 3.05) is 47.6 Å². The normalized spacial score (nSPS) is 12.0. The van der Waals surface area contributed by atoms with Crippen LogP contribution in [0, 0.1) is 5.92 Å². The van der Waals surface area contributed by atoms with Crippen molar-refractivity contribution in [3.63, 3.8) is 0 Å². The molecule has 0 aliphatic carbocycles. The monoisotopic (exact) mass is 523 g/mol. The van der Waals surface area contributed by atoms with E-state index in [1.807, 2.05) is 19.1 Å². The van der Waals surface area contributed by atoms with Gasteiger partial charge in [-0.3, -0.25) is 4.99 Å². The lowest BCUT2D eigenvalue weighted by molar-refractivity contribution is 0.253. The number of nitrogens with zero attached hydrogens (tertiary/aromatic N) is 1. The van der Waals surface area contributed by atoms with Crippen molar-refractivity contribution in [3.05, 3.63) is 17.7 Å². The van der Waals surface area contributed by atoms with Crippen LogP contribution in [0.3, 0.4) is 0 Å². The van der Waals surface area contributed by atoms with E-state index in [9.17, 15) is 5.11 Å². The lowest BCUT2D eigenvalue weighted by atomic mass is 10.0. The number of methoxy groups -OCH3 is 3. The molecule has 0 amide bonds. The number of aliphatic imine (C=N–C) groups is 1. The Labute approximate surface area is 192 Å². The lowest BCUT2D eigenvalue weighted by Crippen LogP contribution is -2.38. The van der Waals surface area contributed by atoms with E-state index in [2.05, 4.69) is 17.6 Å². The van der Waals surface area contributed by atoms with Crippen molar-refractivity contribution in [1.29, 1.82) is 0 Å². The number of nitrogens with one attached hydrogen (secondary N) is 2. The summed E-state index contributed by atoms with van der Waals surface area (Å²) in [7, 11) is 4.91. The number of rotatable bonds is 13.